The summed E-state index contributed by atoms with van der Waals surface area (Å²) in [7, 11) is 3.56. The van der Waals surface area contributed by atoms with Crippen LogP contribution in [0, 0.1) is 0 Å². The Balaban J connectivity index is 1.98. The lowest BCUT2D eigenvalue weighted by molar-refractivity contribution is -0.00461. The lowest BCUT2D eigenvalue weighted by atomic mass is 10.2. The third-order valence-corrected chi connectivity index (χ3v) is 3.85. The zero-order chi connectivity index (χ0) is 14.1. The van der Waals surface area contributed by atoms with Crippen molar-refractivity contribution in [2.75, 3.05) is 40.4 Å². The average molecular weight is 272 g/mol. The van der Waals surface area contributed by atoms with Crippen LogP contribution in [0.4, 0.5) is 0 Å². The van der Waals surface area contributed by atoms with Crippen molar-refractivity contribution in [2.45, 2.75) is 57.8 Å². The summed E-state index contributed by atoms with van der Waals surface area (Å²) in [6.45, 7) is 8.77. The topological polar surface area (TPSA) is 33.7 Å². The zero-order valence-corrected chi connectivity index (χ0v) is 13.2. The maximum absolute atomic E-state index is 5.45. The van der Waals surface area contributed by atoms with Crippen molar-refractivity contribution in [2.24, 2.45) is 0 Å². The van der Waals surface area contributed by atoms with Crippen molar-refractivity contribution in [1.82, 2.24) is 10.2 Å². The van der Waals surface area contributed by atoms with Gasteiger partial charge < -0.3 is 14.8 Å². The second kappa shape index (κ2) is 9.70. The number of ether oxygens (including phenoxy) is 2. The fraction of sp³-hybridized carbons (Fsp3) is 1.00. The fourth-order valence-corrected chi connectivity index (χ4v) is 2.66. The number of likely N-dealkylation sites (tertiary alicyclic amines) is 1. The van der Waals surface area contributed by atoms with Crippen LogP contribution >= 0.6 is 0 Å². The summed E-state index contributed by atoms with van der Waals surface area (Å²) >= 11 is 0. The zero-order valence-electron chi connectivity index (χ0n) is 13.2. The van der Waals surface area contributed by atoms with Crippen LogP contribution in [0.15, 0.2) is 0 Å². The van der Waals surface area contributed by atoms with E-state index in [0.29, 0.717) is 6.04 Å². The molecule has 2 unspecified atom stereocenters. The molecule has 2 atom stereocenters. The number of nitrogens with one attached hydrogen (secondary N) is 1. The van der Waals surface area contributed by atoms with Crippen molar-refractivity contribution in [3.05, 3.63) is 0 Å². The maximum atomic E-state index is 5.45. The van der Waals surface area contributed by atoms with Gasteiger partial charge in [-0.1, -0.05) is 26.7 Å². The van der Waals surface area contributed by atoms with E-state index >= 15 is 0 Å². The Bertz CT molecular complexity index is 212. The Hall–Kier alpha value is -0.160. The van der Waals surface area contributed by atoms with Crippen LogP contribution in [-0.2, 0) is 9.47 Å². The molecule has 0 aliphatic carbocycles. The SMILES string of the molecule is COC1CN(CCCCCCNC(C)C)CC1OC. The van der Waals surface area contributed by atoms with E-state index in [1.807, 2.05) is 0 Å². The molecule has 1 aliphatic heterocycles. The van der Waals surface area contributed by atoms with Gasteiger partial charge in [0.1, 0.15) is 0 Å². The lowest BCUT2D eigenvalue weighted by Crippen LogP contribution is -2.27. The second-order valence-electron chi connectivity index (χ2n) is 5.83. The minimum atomic E-state index is 0.250. The van der Waals surface area contributed by atoms with Gasteiger partial charge in [0.05, 0.1) is 12.2 Å². The van der Waals surface area contributed by atoms with Crippen molar-refractivity contribution in [3.8, 4) is 0 Å². The summed E-state index contributed by atoms with van der Waals surface area (Å²) < 4.78 is 10.9. The molecular weight excluding hydrogens is 240 g/mol. The normalized spacial score (nSPS) is 24.5. The van der Waals surface area contributed by atoms with E-state index in [2.05, 4.69) is 24.1 Å². The summed E-state index contributed by atoms with van der Waals surface area (Å²) in [5.74, 6) is 0. The molecule has 0 radical (unpaired) electrons. The molecule has 4 heteroatoms. The monoisotopic (exact) mass is 272 g/mol. The second-order valence-corrected chi connectivity index (χ2v) is 5.83. The highest BCUT2D eigenvalue weighted by Gasteiger charge is 2.32. The number of methoxy groups -OCH3 is 2. The van der Waals surface area contributed by atoms with Crippen LogP contribution < -0.4 is 5.32 Å². The van der Waals surface area contributed by atoms with E-state index in [1.165, 1.54) is 32.2 Å². The van der Waals surface area contributed by atoms with Gasteiger partial charge in [0.15, 0.2) is 0 Å². The number of nitrogens with zero attached hydrogens (tertiary/aromatic N) is 1. The first-order valence-corrected chi connectivity index (χ1v) is 7.68. The fourth-order valence-electron chi connectivity index (χ4n) is 2.66. The van der Waals surface area contributed by atoms with E-state index in [9.17, 15) is 0 Å². The predicted molar refractivity (Wildman–Crippen MR) is 79.6 cm³/mol. The highest BCUT2D eigenvalue weighted by atomic mass is 16.5. The molecule has 0 amide bonds. The van der Waals surface area contributed by atoms with Crippen LogP contribution in [0.2, 0.25) is 0 Å². The van der Waals surface area contributed by atoms with Gasteiger partial charge in [0, 0.05) is 33.4 Å². The van der Waals surface area contributed by atoms with E-state index < -0.39 is 0 Å². The van der Waals surface area contributed by atoms with Gasteiger partial charge in [-0.3, -0.25) is 4.90 Å². The molecule has 19 heavy (non-hydrogen) atoms. The summed E-state index contributed by atoms with van der Waals surface area (Å²) in [5.41, 5.74) is 0. The molecule has 0 saturated carbocycles. The summed E-state index contributed by atoms with van der Waals surface area (Å²) in [6.07, 6.45) is 5.73. The molecule has 1 aliphatic rings. The van der Waals surface area contributed by atoms with Gasteiger partial charge in [0.25, 0.3) is 0 Å². The first-order chi connectivity index (χ1) is 9.17. The number of hydrogen-bond donors (Lipinski definition) is 1. The Kier molecular flexibility index (Phi) is 8.62. The number of hydrogen-bond acceptors (Lipinski definition) is 4. The smallest absolute Gasteiger partial charge is 0.0971 e. The molecule has 1 saturated heterocycles. The van der Waals surface area contributed by atoms with E-state index in [1.54, 1.807) is 14.2 Å². The Morgan fingerprint density at radius 3 is 2.11 bits per heavy atom. The van der Waals surface area contributed by atoms with Crippen molar-refractivity contribution >= 4 is 0 Å². The van der Waals surface area contributed by atoms with Gasteiger partial charge in [-0.25, -0.2) is 0 Å². The molecule has 114 valence electrons. The summed E-state index contributed by atoms with van der Waals surface area (Å²) in [6, 6.07) is 0.613. The van der Waals surface area contributed by atoms with Crippen LogP contribution in [0.3, 0.4) is 0 Å². The third kappa shape index (κ3) is 6.70. The maximum Gasteiger partial charge on any atom is 0.0971 e. The Morgan fingerprint density at radius 1 is 1.00 bits per heavy atom. The van der Waals surface area contributed by atoms with E-state index in [4.69, 9.17) is 9.47 Å². The predicted octanol–water partition coefficient (Wildman–Crippen LogP) is 1.89. The quantitative estimate of drug-likeness (QED) is 0.616. The molecule has 0 aromatic carbocycles. The van der Waals surface area contributed by atoms with Gasteiger partial charge in [0.2, 0.25) is 0 Å². The Labute approximate surface area is 118 Å². The summed E-state index contributed by atoms with van der Waals surface area (Å²) in [5, 5.41) is 3.46. The summed E-state index contributed by atoms with van der Waals surface area (Å²) in [4.78, 5) is 2.47. The van der Waals surface area contributed by atoms with Gasteiger partial charge in [-0.15, -0.1) is 0 Å². The molecule has 1 fully saturated rings. The van der Waals surface area contributed by atoms with Crippen LogP contribution in [0.1, 0.15) is 39.5 Å². The molecular formula is C15H32N2O2. The third-order valence-electron chi connectivity index (χ3n) is 3.85. The molecule has 1 rings (SSSR count). The van der Waals surface area contributed by atoms with Crippen LogP contribution in [-0.4, -0.2) is 63.5 Å². The highest BCUT2D eigenvalue weighted by Crippen LogP contribution is 2.16. The van der Waals surface area contributed by atoms with Crippen LogP contribution in [0.25, 0.3) is 0 Å². The first kappa shape index (κ1) is 16.9. The number of unbranched alkanes of at least 4 members (excludes halogenated alkanes) is 3. The van der Waals surface area contributed by atoms with Crippen molar-refractivity contribution in [1.29, 1.82) is 0 Å². The van der Waals surface area contributed by atoms with Crippen molar-refractivity contribution < 1.29 is 9.47 Å². The van der Waals surface area contributed by atoms with Crippen molar-refractivity contribution in [3.63, 3.8) is 0 Å². The molecule has 0 spiro atoms. The van der Waals surface area contributed by atoms with Gasteiger partial charge >= 0.3 is 0 Å². The minimum Gasteiger partial charge on any atom is -0.377 e. The molecule has 1 N–H and O–H groups in total. The van der Waals surface area contributed by atoms with Crippen LogP contribution in [0.5, 0.6) is 0 Å². The molecule has 0 aromatic heterocycles. The standard InChI is InChI=1S/C15H32N2O2/c1-13(2)16-9-7-5-6-8-10-17-11-14(18-3)15(12-17)19-4/h13-16H,5-12H2,1-4H3. The molecule has 4 nitrogen and oxygen atoms in total. The Morgan fingerprint density at radius 2 is 1.58 bits per heavy atom. The average Bonchev–Trinajstić information content (AvgIpc) is 2.79. The lowest BCUT2D eigenvalue weighted by Gasteiger charge is -2.14. The molecule has 0 bridgehead atoms. The molecule has 0 aromatic rings. The number of rotatable bonds is 10. The van der Waals surface area contributed by atoms with E-state index in [0.717, 1.165) is 19.6 Å². The van der Waals surface area contributed by atoms with E-state index in [-0.39, 0.29) is 12.2 Å². The van der Waals surface area contributed by atoms with Gasteiger partial charge in [-0.2, -0.15) is 0 Å². The minimum absolute atomic E-state index is 0.250. The highest BCUT2D eigenvalue weighted by molar-refractivity contribution is 4.85. The largest absolute Gasteiger partial charge is 0.377 e. The van der Waals surface area contributed by atoms with Gasteiger partial charge in [-0.05, 0) is 25.9 Å². The molecule has 1 heterocycles. The first-order valence-electron chi connectivity index (χ1n) is 7.68.